The largest absolute Gasteiger partial charge is 0.395 e. The summed E-state index contributed by atoms with van der Waals surface area (Å²) in [6.45, 7) is 0.182. The van der Waals surface area contributed by atoms with E-state index in [-0.39, 0.29) is 19.1 Å². The lowest BCUT2D eigenvalue weighted by Crippen LogP contribution is -2.33. The normalized spacial score (nSPS) is 20.5. The number of aliphatic hydroxyl groups is 1. The van der Waals surface area contributed by atoms with E-state index >= 15 is 0 Å². The van der Waals surface area contributed by atoms with Crippen LogP contribution in [0.4, 0.5) is 5.69 Å². The lowest BCUT2D eigenvalue weighted by Gasteiger charge is -2.19. The molecule has 0 radical (unpaired) electrons. The molecule has 1 fully saturated rings. The number of rotatable bonds is 4. The summed E-state index contributed by atoms with van der Waals surface area (Å²) in [5.41, 5.74) is 2.12. The summed E-state index contributed by atoms with van der Waals surface area (Å²) >= 11 is 5.48. The summed E-state index contributed by atoms with van der Waals surface area (Å²) in [6, 6.07) is 9.29. The fourth-order valence-electron chi connectivity index (χ4n) is 2.70. The monoisotopic (exact) mass is 353 g/mol. The molecule has 0 spiro atoms. The minimum Gasteiger partial charge on any atom is -0.395 e. The highest BCUT2D eigenvalue weighted by Crippen LogP contribution is 2.27. The van der Waals surface area contributed by atoms with Crippen LogP contribution in [-0.4, -0.2) is 46.1 Å². The van der Waals surface area contributed by atoms with Gasteiger partial charge in [-0.2, -0.15) is 0 Å². The molecular formula is C19H19N3O2S. The highest BCUT2D eigenvalue weighted by Gasteiger charge is 2.38. The maximum absolute atomic E-state index is 12.9. The Kier molecular flexibility index (Phi) is 5.11. The molecule has 0 atom stereocenters. The molecule has 1 saturated heterocycles. The average molecular weight is 353 g/mol. The highest BCUT2D eigenvalue weighted by molar-refractivity contribution is 7.80. The van der Waals surface area contributed by atoms with Gasteiger partial charge in [0.25, 0.3) is 5.91 Å². The minimum absolute atomic E-state index is 0.0908. The number of aliphatic hydroxyl groups excluding tert-OH is 1. The molecule has 6 heteroatoms. The molecule has 1 aromatic carbocycles. The fraction of sp³-hybridized carbons (Fsp3) is 0.158. The molecule has 1 aromatic rings. The molecule has 3 rings (SSSR count). The molecule has 25 heavy (non-hydrogen) atoms. The molecule has 2 aliphatic heterocycles. The number of para-hydroxylation sites is 1. The summed E-state index contributed by atoms with van der Waals surface area (Å²) < 4.78 is 0. The lowest BCUT2D eigenvalue weighted by molar-refractivity contribution is -0.114. The number of thiocarbonyl (C=S) groups is 1. The summed E-state index contributed by atoms with van der Waals surface area (Å²) in [7, 11) is 1.94. The van der Waals surface area contributed by atoms with Gasteiger partial charge in [-0.25, -0.2) is 0 Å². The molecular weight excluding hydrogens is 334 g/mol. The Morgan fingerprint density at radius 1 is 1.16 bits per heavy atom. The van der Waals surface area contributed by atoms with Crippen LogP contribution < -0.4 is 4.90 Å². The van der Waals surface area contributed by atoms with Crippen molar-refractivity contribution in [2.75, 3.05) is 25.1 Å². The van der Waals surface area contributed by atoms with E-state index < -0.39 is 0 Å². The first-order valence-electron chi connectivity index (χ1n) is 7.95. The van der Waals surface area contributed by atoms with E-state index in [0.717, 1.165) is 5.70 Å². The minimum atomic E-state index is -0.195. The molecule has 2 aliphatic rings. The second kappa shape index (κ2) is 7.46. The van der Waals surface area contributed by atoms with Crippen molar-refractivity contribution >= 4 is 28.9 Å². The van der Waals surface area contributed by atoms with Crippen molar-refractivity contribution in [1.29, 1.82) is 0 Å². The Hall–Kier alpha value is -2.70. The molecule has 0 saturated carbocycles. The van der Waals surface area contributed by atoms with Crippen LogP contribution in [0, 0.1) is 0 Å². The summed E-state index contributed by atoms with van der Waals surface area (Å²) in [5.74, 6) is -0.195. The number of benzene rings is 1. The Morgan fingerprint density at radius 3 is 2.60 bits per heavy atom. The van der Waals surface area contributed by atoms with Gasteiger partial charge in [-0.1, -0.05) is 24.3 Å². The Morgan fingerprint density at radius 2 is 1.92 bits per heavy atom. The van der Waals surface area contributed by atoms with Crippen molar-refractivity contribution in [3.63, 3.8) is 0 Å². The molecule has 2 heterocycles. The van der Waals surface area contributed by atoms with Crippen LogP contribution in [0.5, 0.6) is 0 Å². The van der Waals surface area contributed by atoms with E-state index in [0.29, 0.717) is 16.5 Å². The van der Waals surface area contributed by atoms with Crippen LogP contribution in [0.25, 0.3) is 0 Å². The van der Waals surface area contributed by atoms with Gasteiger partial charge in [0.1, 0.15) is 5.70 Å². The van der Waals surface area contributed by atoms with E-state index in [4.69, 9.17) is 12.2 Å². The van der Waals surface area contributed by atoms with Gasteiger partial charge in [0.15, 0.2) is 5.11 Å². The summed E-state index contributed by atoms with van der Waals surface area (Å²) in [4.78, 5) is 18.1. The maximum Gasteiger partial charge on any atom is 0.281 e. The summed E-state index contributed by atoms with van der Waals surface area (Å²) in [5, 5.41) is 9.74. The third kappa shape index (κ3) is 3.40. The molecule has 0 aliphatic carbocycles. The predicted molar refractivity (Wildman–Crippen MR) is 103 cm³/mol. The van der Waals surface area contributed by atoms with Gasteiger partial charge >= 0.3 is 0 Å². The Labute approximate surface area is 152 Å². The van der Waals surface area contributed by atoms with Crippen molar-refractivity contribution in [3.05, 3.63) is 78.3 Å². The van der Waals surface area contributed by atoms with Gasteiger partial charge in [0, 0.05) is 25.5 Å². The number of hydrogen-bond acceptors (Lipinski definition) is 4. The number of carbonyl (C=O) groups excluding carboxylic acids is 1. The topological polar surface area (TPSA) is 47.0 Å². The van der Waals surface area contributed by atoms with Gasteiger partial charge < -0.3 is 14.9 Å². The highest BCUT2D eigenvalue weighted by atomic mass is 32.1. The van der Waals surface area contributed by atoms with E-state index in [2.05, 4.69) is 0 Å². The van der Waals surface area contributed by atoms with Crippen LogP contribution >= 0.6 is 12.2 Å². The number of nitrogens with zero attached hydrogens (tertiary/aromatic N) is 3. The van der Waals surface area contributed by atoms with Crippen molar-refractivity contribution in [1.82, 2.24) is 9.80 Å². The number of likely N-dealkylation sites (N-methyl/N-ethyl adjacent to an activating group) is 1. The van der Waals surface area contributed by atoms with Gasteiger partial charge in [0.2, 0.25) is 0 Å². The SMILES string of the molecule is CN1C=CC=CC1=CC=C1C(=O)N(c2ccccc2)C(=S)N1CCO. The van der Waals surface area contributed by atoms with E-state index in [1.807, 2.05) is 72.8 Å². The zero-order valence-electron chi connectivity index (χ0n) is 13.9. The third-order valence-corrected chi connectivity index (χ3v) is 4.38. The quantitative estimate of drug-likeness (QED) is 0.665. The maximum atomic E-state index is 12.9. The Balaban J connectivity index is 1.96. The number of carbonyl (C=O) groups is 1. The Bertz CT molecular complexity index is 796. The van der Waals surface area contributed by atoms with Crippen molar-refractivity contribution in [2.24, 2.45) is 0 Å². The molecule has 1 amide bonds. The predicted octanol–water partition coefficient (Wildman–Crippen LogP) is 2.40. The number of amides is 1. The molecule has 5 nitrogen and oxygen atoms in total. The van der Waals surface area contributed by atoms with Gasteiger partial charge in [0.05, 0.1) is 12.3 Å². The van der Waals surface area contributed by atoms with E-state index in [1.165, 1.54) is 4.90 Å². The first-order valence-corrected chi connectivity index (χ1v) is 8.36. The van der Waals surface area contributed by atoms with Gasteiger partial charge in [-0.3, -0.25) is 9.69 Å². The van der Waals surface area contributed by atoms with Crippen LogP contribution in [0.2, 0.25) is 0 Å². The molecule has 1 N–H and O–H groups in total. The second-order valence-electron chi connectivity index (χ2n) is 5.59. The second-order valence-corrected chi connectivity index (χ2v) is 5.95. The van der Waals surface area contributed by atoms with Crippen molar-refractivity contribution in [3.8, 4) is 0 Å². The standard InChI is InChI=1S/C19H19N3O2S/c1-20-12-6-5-7-15(20)10-11-17-18(24)22(16-8-3-2-4-9-16)19(25)21(17)13-14-23/h2-12,23H,13-14H2,1H3. The van der Waals surface area contributed by atoms with Crippen molar-refractivity contribution < 1.29 is 9.90 Å². The molecule has 0 bridgehead atoms. The molecule has 0 unspecified atom stereocenters. The van der Waals surface area contributed by atoms with Gasteiger partial charge in [-0.15, -0.1) is 0 Å². The average Bonchev–Trinajstić information content (AvgIpc) is 2.86. The van der Waals surface area contributed by atoms with Crippen LogP contribution in [0.15, 0.2) is 78.3 Å². The fourth-order valence-corrected chi connectivity index (χ4v) is 3.07. The lowest BCUT2D eigenvalue weighted by atomic mass is 10.2. The molecule has 0 aromatic heterocycles. The zero-order valence-corrected chi connectivity index (χ0v) is 14.7. The third-order valence-electron chi connectivity index (χ3n) is 3.98. The number of hydrogen-bond donors (Lipinski definition) is 1. The van der Waals surface area contributed by atoms with E-state index in [1.54, 1.807) is 11.0 Å². The van der Waals surface area contributed by atoms with Crippen molar-refractivity contribution in [2.45, 2.75) is 0 Å². The van der Waals surface area contributed by atoms with Crippen LogP contribution in [0.3, 0.4) is 0 Å². The first kappa shape index (κ1) is 17.1. The number of anilines is 1. The first-order chi connectivity index (χ1) is 12.1. The van der Waals surface area contributed by atoms with Gasteiger partial charge in [-0.05, 0) is 48.7 Å². The van der Waals surface area contributed by atoms with Crippen LogP contribution in [-0.2, 0) is 4.79 Å². The summed E-state index contributed by atoms with van der Waals surface area (Å²) in [6.07, 6.45) is 11.4. The zero-order chi connectivity index (χ0) is 17.8. The number of allylic oxidation sites excluding steroid dienone is 5. The van der Waals surface area contributed by atoms with Crippen LogP contribution in [0.1, 0.15) is 0 Å². The smallest absolute Gasteiger partial charge is 0.281 e. The molecule has 128 valence electrons. The number of β-amino-alcohol motifs (C(OH)–C–C–N with tert-alkyl or cyclic N) is 1. The van der Waals surface area contributed by atoms with E-state index in [9.17, 15) is 9.90 Å².